The Morgan fingerprint density at radius 1 is 0.393 bits per heavy atom. The number of benzene rings is 4. The van der Waals surface area contributed by atoms with E-state index in [1.807, 2.05) is 85.0 Å². The summed E-state index contributed by atoms with van der Waals surface area (Å²) in [6.07, 6.45) is 8.17. The van der Waals surface area contributed by atoms with Crippen molar-refractivity contribution in [3.63, 3.8) is 0 Å². The van der Waals surface area contributed by atoms with Gasteiger partial charge in [-0.3, -0.25) is 0 Å². The molecule has 0 saturated heterocycles. The van der Waals surface area contributed by atoms with Crippen molar-refractivity contribution in [2.75, 3.05) is 14.2 Å². The summed E-state index contributed by atoms with van der Waals surface area (Å²) < 4.78 is 9.97. The lowest BCUT2D eigenvalue weighted by atomic mass is 10.0. The second kappa shape index (κ2) is 14.3. The third-order valence-electron chi connectivity index (χ3n) is 10.1. The predicted octanol–water partition coefficient (Wildman–Crippen LogP) is 10.9. The molecule has 0 saturated carbocycles. The van der Waals surface area contributed by atoms with E-state index in [0.29, 0.717) is 11.1 Å². The minimum Gasteiger partial charge on any atom is -0.465 e. The van der Waals surface area contributed by atoms with Crippen molar-refractivity contribution in [1.29, 1.82) is 0 Å². The van der Waals surface area contributed by atoms with E-state index in [4.69, 9.17) is 19.4 Å². The molecule has 0 aliphatic carbocycles. The van der Waals surface area contributed by atoms with Crippen LogP contribution in [0.5, 0.6) is 0 Å². The van der Waals surface area contributed by atoms with Crippen LogP contribution in [0.3, 0.4) is 0 Å². The van der Waals surface area contributed by atoms with E-state index in [-0.39, 0.29) is 0 Å². The van der Waals surface area contributed by atoms with Crippen LogP contribution >= 0.6 is 0 Å². The lowest BCUT2D eigenvalue weighted by Gasteiger charge is -2.07. The monoisotopic (exact) mass is 730 g/mol. The lowest BCUT2D eigenvalue weighted by Crippen LogP contribution is -2.00. The lowest BCUT2D eigenvalue weighted by molar-refractivity contribution is 0.0592. The number of hydrogen-bond donors (Lipinski definition) is 2. The standard InChI is InChI=1S/C48H34N4O4/c1-55-47(53)33-17-13-31(14-18-33)45-39-25-21-35(49-39)43(29-9-5-3-6-10-29)37-23-27-41(51-37)46(32-15-19-34(20-16-32)48(54)56-2)42-28-24-38(52-42)44(30-11-7-4-8-12-30)36-22-26-40(45)50-36/h3-28,49,52H,1-2H3. The number of methoxy groups -OCH3 is 2. The first kappa shape index (κ1) is 34.2. The van der Waals surface area contributed by atoms with E-state index in [2.05, 4.69) is 58.5 Å². The maximum absolute atomic E-state index is 12.4. The van der Waals surface area contributed by atoms with Crippen LogP contribution in [-0.4, -0.2) is 46.1 Å². The molecule has 0 atom stereocenters. The minimum atomic E-state index is -0.398. The van der Waals surface area contributed by atoms with Gasteiger partial charge in [0.25, 0.3) is 0 Å². The summed E-state index contributed by atoms with van der Waals surface area (Å²) in [7, 11) is 2.76. The summed E-state index contributed by atoms with van der Waals surface area (Å²) in [5, 5.41) is 0. The average Bonchev–Trinajstić information content (AvgIpc) is 4.10. The van der Waals surface area contributed by atoms with Gasteiger partial charge in [0.15, 0.2) is 0 Å². The zero-order valence-electron chi connectivity index (χ0n) is 30.5. The van der Waals surface area contributed by atoms with Gasteiger partial charge in [-0.15, -0.1) is 0 Å². The Hall–Kier alpha value is -7.58. The quantitative estimate of drug-likeness (QED) is 0.165. The number of carbonyl (C=O) groups is 2. The molecule has 7 aromatic rings. The van der Waals surface area contributed by atoms with Gasteiger partial charge in [-0.2, -0.15) is 0 Å². The van der Waals surface area contributed by atoms with Crippen LogP contribution in [0.25, 0.3) is 90.9 Å². The molecule has 8 bridgehead atoms. The van der Waals surface area contributed by atoms with Gasteiger partial charge < -0.3 is 19.4 Å². The first-order chi connectivity index (χ1) is 27.5. The van der Waals surface area contributed by atoms with Gasteiger partial charge >= 0.3 is 11.9 Å². The molecule has 0 amide bonds. The summed E-state index contributed by atoms with van der Waals surface area (Å²) in [6.45, 7) is 0. The summed E-state index contributed by atoms with van der Waals surface area (Å²) >= 11 is 0. The van der Waals surface area contributed by atoms with Crippen molar-refractivity contribution in [2.24, 2.45) is 0 Å². The Morgan fingerprint density at radius 2 is 0.679 bits per heavy atom. The van der Waals surface area contributed by atoms with Crippen molar-refractivity contribution >= 4 is 58.3 Å². The van der Waals surface area contributed by atoms with E-state index in [1.54, 1.807) is 24.3 Å². The molecule has 0 radical (unpaired) electrons. The molecule has 4 aromatic carbocycles. The Labute approximate surface area is 322 Å². The second-order valence-corrected chi connectivity index (χ2v) is 13.4. The highest BCUT2D eigenvalue weighted by Gasteiger charge is 2.19. The number of ether oxygens (including phenoxy) is 2. The molecule has 0 fully saturated rings. The van der Waals surface area contributed by atoms with Crippen molar-refractivity contribution in [3.8, 4) is 44.5 Å². The molecular weight excluding hydrogens is 697 g/mol. The summed E-state index contributed by atoms with van der Waals surface area (Å²) in [6, 6.07) is 43.5. The van der Waals surface area contributed by atoms with Gasteiger partial charge in [0, 0.05) is 44.3 Å². The van der Waals surface area contributed by atoms with Crippen LogP contribution in [0.2, 0.25) is 0 Å². The van der Waals surface area contributed by atoms with E-state index < -0.39 is 11.9 Å². The zero-order chi connectivity index (χ0) is 38.2. The van der Waals surface area contributed by atoms with E-state index in [9.17, 15) is 9.59 Å². The van der Waals surface area contributed by atoms with Crippen LogP contribution in [0.1, 0.15) is 43.5 Å². The molecule has 2 N–H and O–H groups in total. The number of aromatic amines is 2. The largest absolute Gasteiger partial charge is 0.465 e. The summed E-state index contributed by atoms with van der Waals surface area (Å²) in [5.41, 5.74) is 14.9. The second-order valence-electron chi connectivity index (χ2n) is 13.4. The first-order valence-electron chi connectivity index (χ1n) is 18.1. The number of nitrogens with one attached hydrogen (secondary N) is 2. The number of nitrogens with zero attached hydrogens (tertiary/aromatic N) is 2. The number of rotatable bonds is 6. The van der Waals surface area contributed by atoms with Crippen molar-refractivity contribution in [2.45, 2.75) is 0 Å². The molecule has 0 unspecified atom stereocenters. The van der Waals surface area contributed by atoms with Gasteiger partial charge in [0.05, 0.1) is 48.1 Å². The fourth-order valence-electron chi connectivity index (χ4n) is 7.41. The predicted molar refractivity (Wildman–Crippen MR) is 223 cm³/mol. The highest BCUT2D eigenvalue weighted by molar-refractivity contribution is 6.00. The van der Waals surface area contributed by atoms with Gasteiger partial charge in [0.2, 0.25) is 0 Å². The van der Waals surface area contributed by atoms with E-state index in [0.717, 1.165) is 89.4 Å². The number of aromatic nitrogens is 4. The van der Waals surface area contributed by atoms with Crippen LogP contribution in [0.4, 0.5) is 0 Å². The molecule has 2 aliphatic rings. The Balaban J connectivity index is 1.42. The number of fused-ring (bicyclic) bond motifs is 8. The van der Waals surface area contributed by atoms with Crippen LogP contribution in [0.15, 0.2) is 133 Å². The van der Waals surface area contributed by atoms with Crippen molar-refractivity contribution in [3.05, 3.63) is 167 Å². The third kappa shape index (κ3) is 6.19. The first-order valence-corrected chi connectivity index (χ1v) is 18.1. The molecule has 270 valence electrons. The number of H-pyrrole nitrogens is 2. The molecule has 5 heterocycles. The van der Waals surface area contributed by atoms with Crippen molar-refractivity contribution in [1.82, 2.24) is 19.9 Å². The van der Waals surface area contributed by atoms with E-state index in [1.165, 1.54) is 14.2 Å². The van der Waals surface area contributed by atoms with E-state index >= 15 is 0 Å². The molecule has 8 nitrogen and oxygen atoms in total. The highest BCUT2D eigenvalue weighted by atomic mass is 16.5. The smallest absolute Gasteiger partial charge is 0.337 e. The Morgan fingerprint density at radius 3 is 0.964 bits per heavy atom. The molecule has 3 aromatic heterocycles. The Kier molecular flexibility index (Phi) is 8.76. The van der Waals surface area contributed by atoms with Crippen LogP contribution < -0.4 is 0 Å². The molecule has 0 spiro atoms. The number of hydrogen-bond acceptors (Lipinski definition) is 6. The third-order valence-corrected chi connectivity index (χ3v) is 10.1. The maximum atomic E-state index is 12.4. The fraction of sp³-hybridized carbons (Fsp3) is 0.0417. The van der Waals surface area contributed by atoms with Crippen LogP contribution in [0, 0.1) is 0 Å². The van der Waals surface area contributed by atoms with Gasteiger partial charge in [-0.05, 0) is 95.1 Å². The molecule has 9 rings (SSSR count). The van der Waals surface area contributed by atoms with Gasteiger partial charge in [-0.25, -0.2) is 19.6 Å². The molecular formula is C48H34N4O4. The molecule has 2 aliphatic heterocycles. The summed E-state index contributed by atoms with van der Waals surface area (Å²) in [5.74, 6) is -0.796. The van der Waals surface area contributed by atoms with Crippen molar-refractivity contribution < 1.29 is 19.1 Å². The summed E-state index contributed by atoms with van der Waals surface area (Å²) in [4.78, 5) is 42.9. The number of esters is 2. The highest BCUT2D eigenvalue weighted by Crippen LogP contribution is 2.38. The Bertz CT molecular complexity index is 2690. The molecule has 56 heavy (non-hydrogen) atoms. The number of carbonyl (C=O) groups excluding carboxylic acids is 2. The molecule has 8 heteroatoms. The SMILES string of the molecule is COC(=O)c1ccc(-c2c3nc(c(-c4ccccc4)c4ccc([nH]4)c(-c4ccc(C(=O)OC)cc4)c4nc(c(-c5ccccc5)c5ccc2[nH]5)C=C4)C=C3)cc1. The van der Waals surface area contributed by atoms with Crippen LogP contribution in [-0.2, 0) is 9.47 Å². The topological polar surface area (TPSA) is 110 Å². The maximum Gasteiger partial charge on any atom is 0.337 e. The fourth-order valence-corrected chi connectivity index (χ4v) is 7.41. The zero-order valence-corrected chi connectivity index (χ0v) is 30.5. The normalized spacial score (nSPS) is 11.8. The minimum absolute atomic E-state index is 0.398. The van der Waals surface area contributed by atoms with Gasteiger partial charge in [-0.1, -0.05) is 84.9 Å². The van der Waals surface area contributed by atoms with Gasteiger partial charge in [0.1, 0.15) is 0 Å². The average molecular weight is 731 g/mol.